The van der Waals surface area contributed by atoms with E-state index in [4.69, 9.17) is 7.85 Å². The Morgan fingerprint density at radius 1 is 0.750 bits per heavy atom. The fraction of sp³-hybridized carbons (Fsp3) is 0. The molecule has 2 radical (unpaired) electrons. The average molecular weight is 517 g/mol. The van der Waals surface area contributed by atoms with Gasteiger partial charge in [0.1, 0.15) is 28.7 Å². The first kappa shape index (κ1) is 23.9. The highest BCUT2D eigenvalue weighted by Crippen LogP contribution is 2.26. The lowest BCUT2D eigenvalue weighted by molar-refractivity contribution is 0.480. The monoisotopic (exact) mass is 517 g/mol. The van der Waals surface area contributed by atoms with E-state index in [-0.39, 0.29) is 22.3 Å². The minimum Gasteiger partial charge on any atom is -0.282 e. The first-order valence-corrected chi connectivity index (χ1v) is 13.3. The maximum Gasteiger partial charge on any atom is 0.295 e. The molecule has 0 saturated heterocycles. The highest BCUT2D eigenvalue weighted by atomic mass is 32.2. The van der Waals surface area contributed by atoms with Crippen LogP contribution >= 0.6 is 0 Å². The standard InChI is InChI=1S/C24H16BN3O6S2/c25-18-10-7-16(22(13-18)35(29,30)31)5-6-17-8-11-19(14-23(17)36(32,33)34)28-26-21-12-9-15-3-1-2-4-20(15)24(21)27-28/h1-14H,(H,29,30,31)(H,32,33,34)/b6-5+. The van der Waals surface area contributed by atoms with Crippen molar-refractivity contribution in [2.24, 2.45) is 0 Å². The van der Waals surface area contributed by atoms with Crippen molar-refractivity contribution in [3.63, 3.8) is 0 Å². The van der Waals surface area contributed by atoms with Gasteiger partial charge in [-0.15, -0.1) is 10.2 Å². The molecule has 9 nitrogen and oxygen atoms in total. The molecule has 0 aliphatic carbocycles. The minimum absolute atomic E-state index is 0.0709. The predicted octanol–water partition coefficient (Wildman–Crippen LogP) is 3.03. The zero-order valence-electron chi connectivity index (χ0n) is 18.3. The Balaban J connectivity index is 1.61. The van der Waals surface area contributed by atoms with Crippen LogP contribution in [0, 0.1) is 0 Å². The van der Waals surface area contributed by atoms with Gasteiger partial charge in [-0.2, -0.15) is 21.6 Å². The number of hydrogen-bond acceptors (Lipinski definition) is 6. The SMILES string of the molecule is [B]c1ccc(/C=C/c2ccc(-n3nc4ccc5ccccc5c4n3)cc2S(=O)(=O)O)c(S(=O)(=O)O)c1. The van der Waals surface area contributed by atoms with Crippen molar-refractivity contribution >= 4 is 67.5 Å². The lowest BCUT2D eigenvalue weighted by Crippen LogP contribution is -2.09. The molecule has 0 atom stereocenters. The third-order valence-electron chi connectivity index (χ3n) is 5.54. The number of fused-ring (bicyclic) bond motifs is 3. The van der Waals surface area contributed by atoms with Crippen LogP contribution in [0.2, 0.25) is 0 Å². The normalized spacial score (nSPS) is 12.6. The molecule has 5 rings (SSSR count). The van der Waals surface area contributed by atoms with Gasteiger partial charge in [0.15, 0.2) is 0 Å². The summed E-state index contributed by atoms with van der Waals surface area (Å²) in [5.74, 6) is 0. The van der Waals surface area contributed by atoms with Crippen molar-refractivity contribution in [1.82, 2.24) is 15.0 Å². The molecule has 0 unspecified atom stereocenters. The Kier molecular flexibility index (Phi) is 5.76. The van der Waals surface area contributed by atoms with E-state index in [0.717, 1.165) is 16.8 Å². The molecule has 178 valence electrons. The lowest BCUT2D eigenvalue weighted by Gasteiger charge is -2.08. The van der Waals surface area contributed by atoms with E-state index in [0.29, 0.717) is 11.0 Å². The molecule has 1 aromatic heterocycles. The number of benzene rings is 4. The van der Waals surface area contributed by atoms with Gasteiger partial charge in [0, 0.05) is 5.39 Å². The summed E-state index contributed by atoms with van der Waals surface area (Å²) in [5.41, 5.74) is 1.78. The third kappa shape index (κ3) is 4.54. The van der Waals surface area contributed by atoms with Crippen LogP contribution in [0.25, 0.3) is 39.6 Å². The topological polar surface area (TPSA) is 139 Å². The Morgan fingerprint density at radius 2 is 1.39 bits per heavy atom. The minimum atomic E-state index is -4.69. The zero-order valence-corrected chi connectivity index (χ0v) is 20.0. The van der Waals surface area contributed by atoms with Crippen molar-refractivity contribution in [2.45, 2.75) is 9.79 Å². The third-order valence-corrected chi connectivity index (χ3v) is 7.36. The van der Waals surface area contributed by atoms with Crippen LogP contribution in [0.4, 0.5) is 0 Å². The Labute approximate surface area is 207 Å². The summed E-state index contributed by atoms with van der Waals surface area (Å²) in [5, 5.41) is 10.8. The molecule has 12 heteroatoms. The van der Waals surface area contributed by atoms with Gasteiger partial charge in [0.05, 0.1) is 5.69 Å². The second-order valence-electron chi connectivity index (χ2n) is 7.95. The molecule has 4 aromatic carbocycles. The van der Waals surface area contributed by atoms with Crippen LogP contribution in [0.15, 0.2) is 82.6 Å². The van der Waals surface area contributed by atoms with E-state index >= 15 is 0 Å². The maximum atomic E-state index is 12.2. The fourth-order valence-electron chi connectivity index (χ4n) is 3.86. The van der Waals surface area contributed by atoms with Gasteiger partial charge in [0.2, 0.25) is 0 Å². The summed E-state index contributed by atoms with van der Waals surface area (Å²) in [7, 11) is -3.66. The summed E-state index contributed by atoms with van der Waals surface area (Å²) in [4.78, 5) is 0.394. The molecule has 0 saturated carbocycles. The van der Waals surface area contributed by atoms with Crippen LogP contribution in [-0.4, -0.2) is 48.8 Å². The Morgan fingerprint density at radius 3 is 2.08 bits per heavy atom. The van der Waals surface area contributed by atoms with Crippen LogP contribution in [0.3, 0.4) is 0 Å². The van der Waals surface area contributed by atoms with Gasteiger partial charge in [-0.25, -0.2) is 0 Å². The van der Waals surface area contributed by atoms with E-state index in [9.17, 15) is 25.9 Å². The average Bonchev–Trinajstić information content (AvgIpc) is 3.27. The molecule has 5 aromatic rings. The molecular formula is C24H16BN3O6S2. The van der Waals surface area contributed by atoms with Gasteiger partial charge in [0.25, 0.3) is 20.2 Å². The maximum absolute atomic E-state index is 12.2. The highest BCUT2D eigenvalue weighted by molar-refractivity contribution is 7.86. The molecule has 0 aliphatic rings. The van der Waals surface area contributed by atoms with Gasteiger partial charge in [-0.05, 0) is 40.8 Å². The first-order valence-electron chi connectivity index (χ1n) is 10.4. The van der Waals surface area contributed by atoms with Crippen LogP contribution in [-0.2, 0) is 20.2 Å². The molecule has 36 heavy (non-hydrogen) atoms. The second-order valence-corrected chi connectivity index (χ2v) is 10.7. The predicted molar refractivity (Wildman–Crippen MR) is 137 cm³/mol. The van der Waals surface area contributed by atoms with E-state index < -0.39 is 30.0 Å². The van der Waals surface area contributed by atoms with Crippen molar-refractivity contribution in [2.75, 3.05) is 0 Å². The Bertz CT molecular complexity index is 1920. The summed E-state index contributed by atoms with van der Waals surface area (Å²) in [6, 6.07) is 19.4. The van der Waals surface area contributed by atoms with E-state index in [2.05, 4.69) is 10.2 Å². The first-order chi connectivity index (χ1) is 17.0. The van der Waals surface area contributed by atoms with E-state index in [1.165, 1.54) is 41.2 Å². The molecular weight excluding hydrogens is 501 g/mol. The molecule has 1 heterocycles. The molecule has 0 amide bonds. The molecule has 2 N–H and O–H groups in total. The summed E-state index contributed by atoms with van der Waals surface area (Å²) in [6.07, 6.45) is 2.59. The van der Waals surface area contributed by atoms with E-state index in [1.807, 2.05) is 30.3 Å². The van der Waals surface area contributed by atoms with Crippen molar-refractivity contribution in [3.8, 4) is 5.69 Å². The van der Waals surface area contributed by atoms with Gasteiger partial charge in [-0.1, -0.05) is 66.1 Å². The highest BCUT2D eigenvalue weighted by Gasteiger charge is 2.18. The number of rotatable bonds is 5. The van der Waals surface area contributed by atoms with Gasteiger partial charge >= 0.3 is 0 Å². The largest absolute Gasteiger partial charge is 0.295 e. The zero-order chi connectivity index (χ0) is 25.7. The van der Waals surface area contributed by atoms with Gasteiger partial charge in [-0.3, -0.25) is 9.11 Å². The second kappa shape index (κ2) is 8.68. The fourth-order valence-corrected chi connectivity index (χ4v) is 5.29. The van der Waals surface area contributed by atoms with Crippen molar-refractivity contribution in [3.05, 3.63) is 83.9 Å². The van der Waals surface area contributed by atoms with Crippen LogP contribution in [0.5, 0.6) is 0 Å². The summed E-state index contributed by atoms with van der Waals surface area (Å²) in [6.45, 7) is 0. The van der Waals surface area contributed by atoms with Gasteiger partial charge < -0.3 is 0 Å². The number of aromatic nitrogens is 3. The molecule has 0 aliphatic heterocycles. The van der Waals surface area contributed by atoms with Crippen LogP contribution < -0.4 is 5.46 Å². The molecule has 0 fully saturated rings. The van der Waals surface area contributed by atoms with Crippen molar-refractivity contribution in [1.29, 1.82) is 0 Å². The van der Waals surface area contributed by atoms with Crippen molar-refractivity contribution < 1.29 is 25.9 Å². The molecule has 0 spiro atoms. The Hall–Kier alpha value is -3.84. The van der Waals surface area contributed by atoms with Crippen LogP contribution in [0.1, 0.15) is 11.1 Å². The van der Waals surface area contributed by atoms with E-state index in [1.54, 1.807) is 12.1 Å². The smallest absolute Gasteiger partial charge is 0.282 e. The summed E-state index contributed by atoms with van der Waals surface area (Å²) >= 11 is 0. The number of nitrogens with zero attached hydrogens (tertiary/aromatic N) is 3. The molecule has 0 bridgehead atoms. The lowest BCUT2D eigenvalue weighted by atomic mass is 9.95. The number of hydrogen-bond donors (Lipinski definition) is 2. The quantitative estimate of drug-likeness (QED) is 0.206. The summed E-state index contributed by atoms with van der Waals surface area (Å²) < 4.78 is 67.2.